The van der Waals surface area contributed by atoms with Gasteiger partial charge in [0.25, 0.3) is 0 Å². The fourth-order valence-corrected chi connectivity index (χ4v) is 1.09. The number of rotatable bonds is 7. The van der Waals surface area contributed by atoms with Crippen LogP contribution in [0.15, 0.2) is 0 Å². The van der Waals surface area contributed by atoms with Gasteiger partial charge in [-0.15, -0.1) is 0 Å². The van der Waals surface area contributed by atoms with Gasteiger partial charge < -0.3 is 0 Å². The van der Waals surface area contributed by atoms with Crippen molar-refractivity contribution in [1.29, 1.82) is 0 Å². The predicted molar refractivity (Wildman–Crippen MR) is 46.8 cm³/mol. The minimum absolute atomic E-state index is 0.204. The lowest BCUT2D eigenvalue weighted by molar-refractivity contribution is -0.486. The van der Waals surface area contributed by atoms with E-state index in [4.69, 9.17) is 5.21 Å². The van der Waals surface area contributed by atoms with Crippen LogP contribution < -0.4 is 5.48 Å². The monoisotopic (exact) mass is 445 g/mol. The first-order valence-corrected chi connectivity index (χ1v) is 5.42. The van der Waals surface area contributed by atoms with Crippen LogP contribution in [0.25, 0.3) is 0 Å². The van der Waals surface area contributed by atoms with Crippen molar-refractivity contribution in [3.8, 4) is 0 Å². The zero-order valence-corrected chi connectivity index (χ0v) is 11.4. The van der Waals surface area contributed by atoms with Crippen molar-refractivity contribution in [2.24, 2.45) is 0 Å². The molecule has 0 rings (SSSR count). The summed E-state index contributed by atoms with van der Waals surface area (Å²) >= 11 is 0. The molecule has 1 amide bonds. The fourth-order valence-electron chi connectivity index (χ4n) is 1.09. The SMILES string of the molecule is O=C(NO)C(F)(F)OC(F)(F)C(F)(F)C(F)(F)C(F)(F)C(F)(F)C(F)(F)F. The molecule has 0 atom stereocenters. The van der Waals surface area contributed by atoms with E-state index in [1.807, 2.05) is 0 Å². The van der Waals surface area contributed by atoms with Crippen molar-refractivity contribution in [1.82, 2.24) is 5.48 Å². The van der Waals surface area contributed by atoms with Crippen LogP contribution in [0.4, 0.5) is 65.9 Å². The molecule has 0 aromatic rings. The summed E-state index contributed by atoms with van der Waals surface area (Å²) in [6.45, 7) is 0. The number of hydroxylamine groups is 1. The third-order valence-corrected chi connectivity index (χ3v) is 2.53. The maximum Gasteiger partial charge on any atom is 0.460 e. The van der Waals surface area contributed by atoms with E-state index in [2.05, 4.69) is 0 Å². The summed E-state index contributed by atoms with van der Waals surface area (Å²) in [5, 5.41) is 7.67. The van der Waals surface area contributed by atoms with Gasteiger partial charge in [-0.25, -0.2) is 10.2 Å². The van der Waals surface area contributed by atoms with Crippen molar-refractivity contribution in [3.05, 3.63) is 0 Å². The number of carbonyl (C=O) groups is 1. The third kappa shape index (κ3) is 3.69. The van der Waals surface area contributed by atoms with Gasteiger partial charge in [0, 0.05) is 0 Å². The van der Waals surface area contributed by atoms with Crippen molar-refractivity contribution >= 4 is 5.91 Å². The van der Waals surface area contributed by atoms with Gasteiger partial charge in [-0.3, -0.25) is 10.0 Å². The Balaban J connectivity index is 6.28. The first kappa shape index (κ1) is 25.3. The van der Waals surface area contributed by atoms with E-state index in [0.29, 0.717) is 0 Å². The highest BCUT2D eigenvalue weighted by molar-refractivity contribution is 5.80. The first-order valence-electron chi connectivity index (χ1n) is 5.42. The summed E-state index contributed by atoms with van der Waals surface area (Å²) in [4.78, 5) is 10.2. The highest BCUT2D eigenvalue weighted by Crippen LogP contribution is 2.60. The summed E-state index contributed by atoms with van der Waals surface area (Å²) < 4.78 is 190. The Labute approximate surface area is 135 Å². The van der Waals surface area contributed by atoms with Crippen LogP contribution in [0.2, 0.25) is 0 Å². The largest absolute Gasteiger partial charge is 0.460 e. The van der Waals surface area contributed by atoms with Crippen molar-refractivity contribution in [2.75, 3.05) is 0 Å². The summed E-state index contributed by atoms with van der Waals surface area (Å²) in [5.41, 5.74) is -0.204. The molecule has 4 nitrogen and oxygen atoms in total. The Morgan fingerprint density at radius 3 is 1.26 bits per heavy atom. The summed E-state index contributed by atoms with van der Waals surface area (Å²) in [7, 11) is 0. The van der Waals surface area contributed by atoms with Crippen LogP contribution >= 0.6 is 0 Å². The maximum atomic E-state index is 13.0. The molecular weight excluding hydrogens is 443 g/mol. The molecule has 27 heavy (non-hydrogen) atoms. The lowest BCUT2D eigenvalue weighted by Crippen LogP contribution is -2.71. The molecule has 2 N–H and O–H groups in total. The molecule has 0 aliphatic carbocycles. The van der Waals surface area contributed by atoms with Crippen LogP contribution in [-0.4, -0.2) is 53.2 Å². The van der Waals surface area contributed by atoms with Crippen LogP contribution in [0, 0.1) is 0 Å². The van der Waals surface area contributed by atoms with Crippen LogP contribution in [0.1, 0.15) is 0 Å². The molecule has 0 heterocycles. The van der Waals surface area contributed by atoms with Crippen molar-refractivity contribution in [3.63, 3.8) is 0 Å². The molecule has 0 aromatic carbocycles. The molecule has 0 unspecified atom stereocenters. The molecular formula is C8H2F15NO3. The van der Waals surface area contributed by atoms with Gasteiger partial charge in [0.05, 0.1) is 0 Å². The quantitative estimate of drug-likeness (QED) is 0.356. The molecule has 0 bridgehead atoms. The zero-order chi connectivity index (χ0) is 22.5. The van der Waals surface area contributed by atoms with E-state index in [1.165, 1.54) is 0 Å². The van der Waals surface area contributed by atoms with Gasteiger partial charge in [0.2, 0.25) is 0 Å². The molecule has 0 saturated carbocycles. The summed E-state index contributed by atoms with van der Waals surface area (Å²) in [6.07, 6.45) is -21.7. The Morgan fingerprint density at radius 2 is 0.963 bits per heavy atom. The van der Waals surface area contributed by atoms with E-state index in [0.717, 1.165) is 0 Å². The highest BCUT2D eigenvalue weighted by Gasteiger charge is 2.91. The number of alkyl halides is 15. The smallest absolute Gasteiger partial charge is 0.288 e. The van der Waals surface area contributed by atoms with Crippen molar-refractivity contribution in [2.45, 2.75) is 42.1 Å². The molecule has 0 spiro atoms. The van der Waals surface area contributed by atoms with E-state index >= 15 is 0 Å². The zero-order valence-electron chi connectivity index (χ0n) is 11.4. The summed E-state index contributed by atoms with van der Waals surface area (Å²) in [6, 6.07) is 0. The Hall–Kier alpha value is -1.66. The number of hydrogen-bond donors (Lipinski definition) is 2. The molecule has 0 saturated heterocycles. The Morgan fingerprint density at radius 1 is 0.630 bits per heavy atom. The topological polar surface area (TPSA) is 58.6 Å². The van der Waals surface area contributed by atoms with Gasteiger partial charge >= 0.3 is 48.0 Å². The molecule has 162 valence electrons. The van der Waals surface area contributed by atoms with Gasteiger partial charge in [-0.05, 0) is 0 Å². The number of hydrogen-bond acceptors (Lipinski definition) is 3. The molecule has 0 aromatic heterocycles. The van der Waals surface area contributed by atoms with Gasteiger partial charge in [0.1, 0.15) is 0 Å². The first-order chi connectivity index (χ1) is 11.4. The summed E-state index contributed by atoms with van der Waals surface area (Å²) in [5.74, 6) is -36.4. The van der Waals surface area contributed by atoms with Crippen molar-refractivity contribution < 1.29 is 80.6 Å². The van der Waals surface area contributed by atoms with E-state index in [1.54, 1.807) is 4.74 Å². The Kier molecular flexibility index (Phi) is 6.05. The minimum atomic E-state index is -8.37. The maximum absolute atomic E-state index is 13.0. The number of carbonyl (C=O) groups excluding carboxylic acids is 1. The number of ether oxygens (including phenoxy) is 1. The molecule has 0 fully saturated rings. The normalized spacial score (nSPS) is 15.7. The van der Waals surface area contributed by atoms with Gasteiger partial charge in [-0.2, -0.15) is 65.9 Å². The second kappa shape index (κ2) is 6.45. The third-order valence-electron chi connectivity index (χ3n) is 2.53. The van der Waals surface area contributed by atoms with E-state index in [9.17, 15) is 70.7 Å². The standard InChI is InChI=1S/C8H2F15NO3/c9-2(10,1(25)24-26)27-8(22,23)6(17,18)4(13,14)3(11,12)5(15,16)7(19,20)21/h26H,(H,24,25). The van der Waals surface area contributed by atoms with E-state index < -0.39 is 48.0 Å². The predicted octanol–water partition coefficient (Wildman–Crippen LogP) is 3.80. The lowest BCUT2D eigenvalue weighted by atomic mass is 9.97. The highest BCUT2D eigenvalue weighted by atomic mass is 19.4. The van der Waals surface area contributed by atoms with Crippen LogP contribution in [0.3, 0.4) is 0 Å². The van der Waals surface area contributed by atoms with Crippen LogP contribution in [-0.2, 0) is 9.53 Å². The Bertz CT molecular complexity index is 568. The second-order valence-electron chi connectivity index (χ2n) is 4.37. The number of amides is 1. The fraction of sp³-hybridized carbons (Fsp3) is 0.875. The van der Waals surface area contributed by atoms with Gasteiger partial charge in [0.15, 0.2) is 0 Å². The average Bonchev–Trinajstić information content (AvgIpc) is 2.42. The number of halogens is 15. The molecule has 0 aliphatic rings. The number of nitrogens with one attached hydrogen (secondary N) is 1. The lowest BCUT2D eigenvalue weighted by Gasteiger charge is -2.39. The average molecular weight is 445 g/mol. The molecule has 19 heteroatoms. The minimum Gasteiger partial charge on any atom is -0.288 e. The van der Waals surface area contributed by atoms with Crippen LogP contribution in [0.5, 0.6) is 0 Å². The molecule has 0 aliphatic heterocycles. The second-order valence-corrected chi connectivity index (χ2v) is 4.37. The van der Waals surface area contributed by atoms with Gasteiger partial charge in [-0.1, -0.05) is 0 Å². The molecule has 0 radical (unpaired) electrons. The van der Waals surface area contributed by atoms with E-state index in [-0.39, 0.29) is 5.48 Å².